The van der Waals surface area contributed by atoms with Gasteiger partial charge in [0, 0.05) is 88.7 Å². The van der Waals surface area contributed by atoms with E-state index in [0.717, 1.165) is 43.4 Å². The molecule has 7 rings (SSSR count). The summed E-state index contributed by atoms with van der Waals surface area (Å²) in [4.78, 5) is 9.04. The van der Waals surface area contributed by atoms with E-state index < -0.39 is 0 Å². The SMILES string of the molecule is CCC(CSc1ccccc1)Nc1ccc(-c2ccc(N3CCN(c4cc(C)cc(C5=C(c6ccc(Cl)cc6)N(C(C)C)C(C)C5C)c4)CC3)cc2)cc1.CSN. The summed E-state index contributed by atoms with van der Waals surface area (Å²) in [6, 6.07) is 45.6. The number of nitrogens with zero attached hydrogens (tertiary/aromatic N) is 3. The van der Waals surface area contributed by atoms with Gasteiger partial charge in [-0.05, 0) is 134 Å². The van der Waals surface area contributed by atoms with Crippen LogP contribution in [0.4, 0.5) is 17.1 Å². The lowest BCUT2D eigenvalue weighted by molar-refractivity contribution is 0.248. The van der Waals surface area contributed by atoms with Crippen molar-refractivity contribution < 1.29 is 0 Å². The lowest BCUT2D eigenvalue weighted by Crippen LogP contribution is -2.46. The van der Waals surface area contributed by atoms with Crippen LogP contribution in [0.5, 0.6) is 0 Å². The predicted molar refractivity (Wildman–Crippen MR) is 254 cm³/mol. The maximum absolute atomic E-state index is 6.34. The Morgan fingerprint density at radius 1 is 0.737 bits per heavy atom. The Hall–Kier alpha value is -4.01. The highest BCUT2D eigenvalue weighted by atomic mass is 35.5. The van der Waals surface area contributed by atoms with Crippen LogP contribution in [0.25, 0.3) is 22.4 Å². The molecule has 1 fully saturated rings. The molecule has 0 aliphatic carbocycles. The molecule has 5 aromatic carbocycles. The number of hydrogen-bond donors (Lipinski definition) is 2. The minimum atomic E-state index is 0.397. The molecule has 8 heteroatoms. The molecule has 0 aromatic heterocycles. The highest BCUT2D eigenvalue weighted by Gasteiger charge is 2.38. The van der Waals surface area contributed by atoms with Crippen molar-refractivity contribution in [1.29, 1.82) is 0 Å². The molecule has 3 unspecified atom stereocenters. The van der Waals surface area contributed by atoms with E-state index >= 15 is 0 Å². The number of halogens is 1. The Morgan fingerprint density at radius 3 is 1.88 bits per heavy atom. The van der Waals surface area contributed by atoms with Gasteiger partial charge < -0.3 is 20.0 Å². The van der Waals surface area contributed by atoms with Gasteiger partial charge in [0.2, 0.25) is 0 Å². The second kappa shape index (κ2) is 20.1. The number of aryl methyl sites for hydroxylation is 1. The lowest BCUT2D eigenvalue weighted by atomic mass is 9.89. The van der Waals surface area contributed by atoms with E-state index in [9.17, 15) is 0 Å². The van der Waals surface area contributed by atoms with Gasteiger partial charge in [-0.15, -0.1) is 11.8 Å². The van der Waals surface area contributed by atoms with E-state index in [4.69, 9.17) is 16.7 Å². The minimum absolute atomic E-state index is 0.397. The van der Waals surface area contributed by atoms with Crippen molar-refractivity contribution in [2.75, 3.05) is 53.3 Å². The van der Waals surface area contributed by atoms with Gasteiger partial charge in [0.15, 0.2) is 0 Å². The Kier molecular flexibility index (Phi) is 15.0. The van der Waals surface area contributed by atoms with Crippen molar-refractivity contribution >= 4 is 63.6 Å². The maximum atomic E-state index is 6.34. The number of nitrogens with one attached hydrogen (secondary N) is 1. The molecule has 3 atom stereocenters. The van der Waals surface area contributed by atoms with Crippen LogP contribution in [-0.4, -0.2) is 61.2 Å². The zero-order valence-electron chi connectivity index (χ0n) is 34.7. The van der Waals surface area contributed by atoms with Crippen LogP contribution in [-0.2, 0) is 0 Å². The van der Waals surface area contributed by atoms with Gasteiger partial charge in [-0.3, -0.25) is 5.14 Å². The molecule has 2 aliphatic heterocycles. The second-order valence-electron chi connectivity index (χ2n) is 15.6. The average molecular weight is 819 g/mol. The first kappa shape index (κ1) is 42.6. The molecule has 57 heavy (non-hydrogen) atoms. The molecule has 2 aliphatic rings. The first-order chi connectivity index (χ1) is 27.6. The molecule has 2 heterocycles. The summed E-state index contributed by atoms with van der Waals surface area (Å²) >= 11 is 9.50. The summed E-state index contributed by atoms with van der Waals surface area (Å²) in [6.07, 6.45) is 2.91. The van der Waals surface area contributed by atoms with E-state index in [-0.39, 0.29) is 0 Å². The minimum Gasteiger partial charge on any atom is -0.381 e. The van der Waals surface area contributed by atoms with Gasteiger partial charge in [-0.2, -0.15) is 0 Å². The number of thioether (sulfide) groups is 1. The third kappa shape index (κ3) is 10.5. The van der Waals surface area contributed by atoms with Crippen molar-refractivity contribution in [2.45, 2.75) is 71.0 Å². The molecular weight excluding hydrogens is 758 g/mol. The van der Waals surface area contributed by atoms with Gasteiger partial charge >= 0.3 is 0 Å². The number of hydrogen-bond acceptors (Lipinski definition) is 7. The number of piperazine rings is 1. The smallest absolute Gasteiger partial charge is 0.0486 e. The summed E-state index contributed by atoms with van der Waals surface area (Å²) in [5, 5.41) is 9.28. The summed E-state index contributed by atoms with van der Waals surface area (Å²) in [6.45, 7) is 17.9. The van der Waals surface area contributed by atoms with Crippen molar-refractivity contribution in [2.24, 2.45) is 11.1 Å². The summed E-state index contributed by atoms with van der Waals surface area (Å²) in [5.74, 6) is 1.45. The van der Waals surface area contributed by atoms with E-state index in [2.05, 4.69) is 171 Å². The molecule has 5 nitrogen and oxygen atoms in total. The highest BCUT2D eigenvalue weighted by Crippen LogP contribution is 2.47. The fourth-order valence-electron chi connectivity index (χ4n) is 8.24. The maximum Gasteiger partial charge on any atom is 0.0486 e. The van der Waals surface area contributed by atoms with E-state index in [1.165, 1.54) is 73.0 Å². The fraction of sp³-hybridized carbons (Fsp3) is 0.347. The summed E-state index contributed by atoms with van der Waals surface area (Å²) in [5.41, 5.74) is 13.0. The Bertz CT molecular complexity index is 2040. The molecule has 0 amide bonds. The van der Waals surface area contributed by atoms with Crippen molar-refractivity contribution in [3.05, 3.63) is 143 Å². The van der Waals surface area contributed by atoms with Crippen LogP contribution < -0.4 is 20.3 Å². The van der Waals surface area contributed by atoms with Crippen LogP contribution in [0.15, 0.2) is 126 Å². The Morgan fingerprint density at radius 2 is 1.30 bits per heavy atom. The third-order valence-corrected chi connectivity index (χ3v) is 12.8. The second-order valence-corrected chi connectivity index (χ2v) is 17.6. The number of benzene rings is 5. The molecule has 5 aromatic rings. The molecule has 1 saturated heterocycles. The van der Waals surface area contributed by atoms with E-state index in [0.29, 0.717) is 24.0 Å². The molecule has 3 N–H and O–H groups in total. The third-order valence-electron chi connectivity index (χ3n) is 11.3. The molecule has 0 spiro atoms. The predicted octanol–water partition coefficient (Wildman–Crippen LogP) is 12.5. The standard InChI is InChI=1S/C48H55ClN4S.CH5NS/c1-7-42(32-54-46-11-9-8-10-12-46)50-43-21-15-37(16-22-43)38-17-23-44(24-18-38)51-25-27-52(28-26-51)45-30-34(4)29-40(31-45)47-35(5)36(6)53(33(2)3)48(47)39-13-19-41(49)20-14-39;1-3-2/h8-24,29-31,33,35-36,42,50H,7,25-28,32H2,1-6H3;2H2,1H3. The normalized spacial score (nSPS) is 17.5. The van der Waals surface area contributed by atoms with Crippen LogP contribution in [0.1, 0.15) is 57.7 Å². The monoisotopic (exact) mass is 817 g/mol. The molecule has 300 valence electrons. The largest absolute Gasteiger partial charge is 0.381 e. The average Bonchev–Trinajstić information content (AvgIpc) is 3.50. The van der Waals surface area contributed by atoms with Crippen molar-refractivity contribution in [1.82, 2.24) is 4.90 Å². The molecule has 0 radical (unpaired) electrons. The van der Waals surface area contributed by atoms with Crippen LogP contribution >= 0.6 is 35.3 Å². The van der Waals surface area contributed by atoms with Gasteiger partial charge in [-0.1, -0.05) is 98.1 Å². The first-order valence-electron chi connectivity index (χ1n) is 20.4. The van der Waals surface area contributed by atoms with Crippen LogP contribution in [0.3, 0.4) is 0 Å². The lowest BCUT2D eigenvalue weighted by Gasteiger charge is -2.38. The quantitative estimate of drug-likeness (QED) is 0.0960. The number of anilines is 3. The van der Waals surface area contributed by atoms with E-state index in [1.54, 1.807) is 0 Å². The zero-order chi connectivity index (χ0) is 40.5. The summed E-state index contributed by atoms with van der Waals surface area (Å²) in [7, 11) is 0. The Balaban J connectivity index is 0.00000177. The molecule has 0 saturated carbocycles. The van der Waals surface area contributed by atoms with Crippen LogP contribution in [0.2, 0.25) is 5.02 Å². The highest BCUT2D eigenvalue weighted by molar-refractivity contribution is 7.99. The molecular formula is C49H60ClN5S2. The van der Waals surface area contributed by atoms with Gasteiger partial charge in [0.05, 0.1) is 0 Å². The van der Waals surface area contributed by atoms with Crippen molar-refractivity contribution in [3.8, 4) is 11.1 Å². The van der Waals surface area contributed by atoms with Gasteiger partial charge in [0.1, 0.15) is 0 Å². The van der Waals surface area contributed by atoms with Crippen molar-refractivity contribution in [3.63, 3.8) is 0 Å². The topological polar surface area (TPSA) is 47.8 Å². The fourth-order valence-corrected chi connectivity index (χ4v) is 9.43. The van der Waals surface area contributed by atoms with Crippen LogP contribution in [0, 0.1) is 12.8 Å². The first-order valence-corrected chi connectivity index (χ1v) is 23.0. The molecule has 0 bridgehead atoms. The number of rotatable bonds is 12. The number of nitrogens with two attached hydrogens (primary N) is 1. The van der Waals surface area contributed by atoms with E-state index in [1.807, 2.05) is 30.2 Å². The van der Waals surface area contributed by atoms with Gasteiger partial charge in [-0.25, -0.2) is 0 Å². The zero-order valence-corrected chi connectivity index (χ0v) is 37.1. The van der Waals surface area contributed by atoms with Gasteiger partial charge in [0.25, 0.3) is 0 Å². The summed E-state index contributed by atoms with van der Waals surface area (Å²) < 4.78 is 0. The Labute approximate surface area is 356 Å².